The molecule has 0 saturated heterocycles. The number of ether oxygens (including phenoxy) is 1. The molecular weight excluding hydrogens is 358 g/mol. The Labute approximate surface area is 153 Å². The number of nitrogens with zero attached hydrogens (tertiary/aromatic N) is 2. The lowest BCUT2D eigenvalue weighted by Gasteiger charge is -2.21. The molecule has 138 valence electrons. The molecule has 0 atom stereocenters. The van der Waals surface area contributed by atoms with Crippen LogP contribution in [0.25, 0.3) is 0 Å². The fourth-order valence-corrected chi connectivity index (χ4v) is 2.38. The molecule has 1 aromatic carbocycles. The first-order valence-corrected chi connectivity index (χ1v) is 8.64. The molecule has 0 aliphatic heterocycles. The van der Waals surface area contributed by atoms with Gasteiger partial charge in [0.1, 0.15) is 11.4 Å². The van der Waals surface area contributed by atoms with E-state index in [0.717, 1.165) is 23.1 Å². The Morgan fingerprint density at radius 1 is 1.31 bits per heavy atom. The molecule has 1 aromatic heterocycles. The third-order valence-electron chi connectivity index (χ3n) is 2.73. The molecule has 0 aliphatic carbocycles. The lowest BCUT2D eigenvalue weighted by Crippen LogP contribution is -2.26. The minimum Gasteiger partial charge on any atom is -0.488 e. The van der Waals surface area contributed by atoms with Gasteiger partial charge in [0.05, 0.1) is 12.0 Å². The molecule has 9 nitrogen and oxygen atoms in total. The van der Waals surface area contributed by atoms with Crippen LogP contribution in [0.4, 0.5) is 0 Å². The summed E-state index contributed by atoms with van der Waals surface area (Å²) in [6.07, 6.45) is 1.49. The highest BCUT2D eigenvalue weighted by Gasteiger charge is 2.11. The molecule has 0 radical (unpaired) electrons. The summed E-state index contributed by atoms with van der Waals surface area (Å²) in [6.45, 7) is 5.89. The number of rotatable bonds is 6. The maximum atomic E-state index is 11.7. The van der Waals surface area contributed by atoms with Gasteiger partial charge >= 0.3 is 5.69 Å². The Balaban J connectivity index is 1.83. The van der Waals surface area contributed by atoms with Crippen LogP contribution in [-0.4, -0.2) is 38.7 Å². The van der Waals surface area contributed by atoms with Gasteiger partial charge in [-0.25, -0.2) is 15.3 Å². The van der Waals surface area contributed by atoms with E-state index >= 15 is 0 Å². The molecule has 1 amide bonds. The summed E-state index contributed by atoms with van der Waals surface area (Å²) in [5, 5.41) is 9.51. The topological polar surface area (TPSA) is 129 Å². The van der Waals surface area contributed by atoms with Gasteiger partial charge in [0.15, 0.2) is 5.03 Å². The van der Waals surface area contributed by atoms with E-state index < -0.39 is 17.2 Å². The number of benzene rings is 1. The summed E-state index contributed by atoms with van der Waals surface area (Å²) < 4.78 is 5.72. The number of aromatic amines is 2. The van der Waals surface area contributed by atoms with Crippen LogP contribution in [-0.2, 0) is 4.79 Å². The van der Waals surface area contributed by atoms with E-state index in [4.69, 9.17) is 4.74 Å². The molecule has 3 N–H and O–H groups in total. The summed E-state index contributed by atoms with van der Waals surface area (Å²) in [4.78, 5) is 36.0. The number of hydrogen-bond acceptors (Lipinski definition) is 7. The van der Waals surface area contributed by atoms with E-state index in [1.165, 1.54) is 6.21 Å². The highest BCUT2D eigenvalue weighted by atomic mass is 32.2. The second-order valence-corrected chi connectivity index (χ2v) is 7.14. The van der Waals surface area contributed by atoms with Crippen LogP contribution < -0.4 is 21.4 Å². The molecule has 0 fully saturated rings. The lowest BCUT2D eigenvalue weighted by atomic mass is 10.2. The number of thioether (sulfide) groups is 1. The quantitative estimate of drug-likeness (QED) is 0.389. The highest BCUT2D eigenvalue weighted by molar-refractivity contribution is 7.99. The first-order chi connectivity index (χ1) is 12.2. The number of hydrogen-bond donors (Lipinski definition) is 3. The summed E-state index contributed by atoms with van der Waals surface area (Å²) in [7, 11) is 0. The minimum absolute atomic E-state index is 0.00170. The Morgan fingerprint density at radius 3 is 2.62 bits per heavy atom. The lowest BCUT2D eigenvalue weighted by molar-refractivity contribution is -0.118. The van der Waals surface area contributed by atoms with E-state index in [-0.39, 0.29) is 16.4 Å². The van der Waals surface area contributed by atoms with E-state index in [0.29, 0.717) is 0 Å². The molecule has 0 unspecified atom stereocenters. The minimum atomic E-state index is -0.702. The van der Waals surface area contributed by atoms with Gasteiger partial charge < -0.3 is 4.74 Å². The first-order valence-electron chi connectivity index (χ1n) is 7.66. The Bertz CT molecular complexity index is 896. The molecular formula is C16H19N5O4S. The second-order valence-electron chi connectivity index (χ2n) is 6.18. The third-order valence-corrected chi connectivity index (χ3v) is 3.68. The van der Waals surface area contributed by atoms with Crippen molar-refractivity contribution < 1.29 is 9.53 Å². The maximum absolute atomic E-state index is 11.7. The van der Waals surface area contributed by atoms with Crippen LogP contribution in [0.5, 0.6) is 5.75 Å². The zero-order valence-electron chi connectivity index (χ0n) is 14.5. The van der Waals surface area contributed by atoms with Crippen LogP contribution in [0.3, 0.4) is 0 Å². The standard InChI is InChI=1S/C16H19N5O4S/c1-16(2,3)25-11-6-4-10(5-7-11)8-17-19-12(22)9-26-14-13(23)18-15(24)21-20-14/h4-8H,9H2,1-3H3,(H,19,22)(H2,18,21,23,24)/b17-8+. The normalized spacial score (nSPS) is 11.5. The van der Waals surface area contributed by atoms with Gasteiger partial charge in [-0.15, -0.1) is 0 Å². The molecule has 0 saturated carbocycles. The van der Waals surface area contributed by atoms with Gasteiger partial charge in [-0.05, 0) is 50.6 Å². The van der Waals surface area contributed by atoms with E-state index in [2.05, 4.69) is 20.7 Å². The number of carbonyl (C=O) groups is 1. The molecule has 0 bridgehead atoms. The summed E-state index contributed by atoms with van der Waals surface area (Å²) in [5.41, 5.74) is 1.52. The Kier molecular flexibility index (Phi) is 6.34. The summed E-state index contributed by atoms with van der Waals surface area (Å²) in [5.74, 6) is 0.262. The van der Waals surface area contributed by atoms with Gasteiger partial charge in [0.25, 0.3) is 5.56 Å². The number of carbonyl (C=O) groups excluding carboxylic acids is 1. The first kappa shape index (κ1) is 19.4. The molecule has 26 heavy (non-hydrogen) atoms. The fourth-order valence-electron chi connectivity index (χ4n) is 1.76. The van der Waals surface area contributed by atoms with Crippen LogP contribution >= 0.6 is 11.8 Å². The number of aromatic nitrogens is 3. The van der Waals surface area contributed by atoms with E-state index in [1.54, 1.807) is 0 Å². The average Bonchev–Trinajstić information content (AvgIpc) is 2.54. The second kappa shape index (κ2) is 8.48. The molecule has 0 aliphatic rings. The van der Waals surface area contributed by atoms with Crippen LogP contribution in [0.1, 0.15) is 26.3 Å². The largest absolute Gasteiger partial charge is 0.488 e. The van der Waals surface area contributed by atoms with Gasteiger partial charge in [-0.3, -0.25) is 14.6 Å². The molecule has 0 spiro atoms. The number of nitrogens with one attached hydrogen (secondary N) is 3. The summed E-state index contributed by atoms with van der Waals surface area (Å²) >= 11 is 0.890. The molecule has 2 rings (SSSR count). The summed E-state index contributed by atoms with van der Waals surface area (Å²) in [6, 6.07) is 7.27. The van der Waals surface area contributed by atoms with Gasteiger partial charge in [0, 0.05) is 0 Å². The number of amides is 1. The fraction of sp³-hybridized carbons (Fsp3) is 0.312. The molecule has 2 aromatic rings. The van der Waals surface area contributed by atoms with Crippen molar-refractivity contribution in [3.05, 3.63) is 50.7 Å². The monoisotopic (exact) mass is 377 g/mol. The van der Waals surface area contributed by atoms with Crippen molar-refractivity contribution in [2.75, 3.05) is 5.75 Å². The molecule has 10 heteroatoms. The van der Waals surface area contributed by atoms with Crippen molar-refractivity contribution in [1.29, 1.82) is 0 Å². The SMILES string of the molecule is CC(C)(C)Oc1ccc(/C=N/NC(=O)CSc2n[nH]c(=O)[nH]c2=O)cc1. The van der Waals surface area contributed by atoms with Crippen molar-refractivity contribution >= 4 is 23.9 Å². The zero-order valence-corrected chi connectivity index (χ0v) is 15.3. The van der Waals surface area contributed by atoms with Crippen LogP contribution in [0.2, 0.25) is 0 Å². The number of hydrazone groups is 1. The average molecular weight is 377 g/mol. The van der Waals surface area contributed by atoms with Crippen molar-refractivity contribution in [1.82, 2.24) is 20.6 Å². The van der Waals surface area contributed by atoms with Crippen molar-refractivity contribution in [2.24, 2.45) is 5.10 Å². The Hall–Kier alpha value is -2.88. The predicted octanol–water partition coefficient (Wildman–Crippen LogP) is 0.878. The van der Waals surface area contributed by atoms with Gasteiger partial charge in [0.2, 0.25) is 5.91 Å². The predicted molar refractivity (Wildman–Crippen MR) is 98.8 cm³/mol. The van der Waals surface area contributed by atoms with Crippen molar-refractivity contribution in [3.8, 4) is 5.75 Å². The Morgan fingerprint density at radius 2 is 2.00 bits per heavy atom. The third kappa shape index (κ3) is 6.55. The van der Waals surface area contributed by atoms with Gasteiger partial charge in [-0.2, -0.15) is 10.2 Å². The molecule has 1 heterocycles. The maximum Gasteiger partial charge on any atom is 0.342 e. The van der Waals surface area contributed by atoms with E-state index in [9.17, 15) is 14.4 Å². The van der Waals surface area contributed by atoms with Gasteiger partial charge in [-0.1, -0.05) is 11.8 Å². The van der Waals surface area contributed by atoms with Crippen LogP contribution in [0.15, 0.2) is 44.0 Å². The van der Waals surface area contributed by atoms with Crippen molar-refractivity contribution in [3.63, 3.8) is 0 Å². The van der Waals surface area contributed by atoms with Crippen LogP contribution in [0, 0.1) is 0 Å². The highest BCUT2D eigenvalue weighted by Crippen LogP contribution is 2.17. The zero-order chi connectivity index (χ0) is 19.2. The number of H-pyrrole nitrogens is 2. The van der Waals surface area contributed by atoms with E-state index in [1.807, 2.05) is 50.0 Å². The smallest absolute Gasteiger partial charge is 0.342 e. The van der Waals surface area contributed by atoms with Crippen molar-refractivity contribution in [2.45, 2.75) is 31.4 Å².